The van der Waals surface area contributed by atoms with Crippen LogP contribution in [0, 0.1) is 5.92 Å². The average molecular weight is 237 g/mol. The second-order valence-electron chi connectivity index (χ2n) is 4.16. The molecule has 1 fully saturated rings. The molecule has 1 unspecified atom stereocenters. The first-order valence-corrected chi connectivity index (χ1v) is 5.68. The summed E-state index contributed by atoms with van der Waals surface area (Å²) in [5.74, 6) is -0.696. The normalized spacial score (nSPS) is 16.5. The Morgan fingerprint density at radius 3 is 2.94 bits per heavy atom. The van der Waals surface area contributed by atoms with E-state index in [-0.39, 0.29) is 17.3 Å². The third-order valence-corrected chi connectivity index (χ3v) is 2.91. The molecule has 1 heterocycles. The summed E-state index contributed by atoms with van der Waals surface area (Å²) < 4.78 is 1.49. The molecule has 17 heavy (non-hydrogen) atoms. The first-order chi connectivity index (χ1) is 8.13. The largest absolute Gasteiger partial charge is 0.480 e. The van der Waals surface area contributed by atoms with Crippen molar-refractivity contribution in [3.8, 4) is 0 Å². The van der Waals surface area contributed by atoms with E-state index in [0.717, 1.165) is 12.8 Å². The second-order valence-corrected chi connectivity index (χ2v) is 4.16. The fourth-order valence-electron chi connectivity index (χ4n) is 1.75. The molecule has 1 aliphatic carbocycles. The molecular formula is C11H15N3O3. The Balaban J connectivity index is 2.22. The molecule has 6 nitrogen and oxygen atoms in total. The number of carboxylic acids is 1. The highest BCUT2D eigenvalue weighted by Crippen LogP contribution is 2.33. The smallest absolute Gasteiger partial charge is 0.326 e. The van der Waals surface area contributed by atoms with Gasteiger partial charge in [0.1, 0.15) is 6.04 Å². The summed E-state index contributed by atoms with van der Waals surface area (Å²) >= 11 is 0. The first kappa shape index (κ1) is 11.6. The van der Waals surface area contributed by atoms with Crippen molar-refractivity contribution in [1.29, 1.82) is 0 Å². The van der Waals surface area contributed by atoms with Crippen LogP contribution in [0.3, 0.4) is 0 Å². The van der Waals surface area contributed by atoms with Crippen LogP contribution in [0.15, 0.2) is 17.2 Å². The summed E-state index contributed by atoms with van der Waals surface area (Å²) in [5, 5.41) is 11.8. The van der Waals surface area contributed by atoms with Gasteiger partial charge in [-0.3, -0.25) is 4.79 Å². The Morgan fingerprint density at radius 2 is 2.41 bits per heavy atom. The van der Waals surface area contributed by atoms with Crippen molar-refractivity contribution in [2.45, 2.75) is 32.4 Å². The zero-order chi connectivity index (χ0) is 12.4. The van der Waals surface area contributed by atoms with Crippen LogP contribution in [-0.4, -0.2) is 26.7 Å². The minimum atomic E-state index is -0.930. The lowest BCUT2D eigenvalue weighted by molar-refractivity contribution is -0.138. The van der Waals surface area contributed by atoms with Crippen LogP contribution in [0.5, 0.6) is 0 Å². The zero-order valence-electron chi connectivity index (χ0n) is 9.59. The van der Waals surface area contributed by atoms with Gasteiger partial charge in [-0.1, -0.05) is 0 Å². The summed E-state index contributed by atoms with van der Waals surface area (Å²) in [6.07, 6.45) is 4.86. The molecule has 2 rings (SSSR count). The molecule has 1 aromatic heterocycles. The number of hydrogen-bond acceptors (Lipinski definition) is 4. The molecule has 0 bridgehead atoms. The summed E-state index contributed by atoms with van der Waals surface area (Å²) in [6, 6.07) is -0.706. The summed E-state index contributed by atoms with van der Waals surface area (Å²) in [4.78, 5) is 26.8. The molecule has 0 aliphatic heterocycles. The topological polar surface area (TPSA) is 84.2 Å². The maximum atomic E-state index is 11.8. The molecule has 0 amide bonds. The predicted octanol–water partition coefficient (Wildman–Crippen LogP) is 0.538. The maximum absolute atomic E-state index is 11.8. The summed E-state index contributed by atoms with van der Waals surface area (Å²) in [6.45, 7) is 2.39. The molecule has 1 atom stereocenters. The summed E-state index contributed by atoms with van der Waals surface area (Å²) in [7, 11) is 0. The first-order valence-electron chi connectivity index (χ1n) is 5.68. The van der Waals surface area contributed by atoms with Gasteiger partial charge in [-0.15, -0.1) is 0 Å². The van der Waals surface area contributed by atoms with Crippen molar-refractivity contribution in [2.24, 2.45) is 5.92 Å². The van der Waals surface area contributed by atoms with E-state index in [0.29, 0.717) is 6.54 Å². The predicted molar refractivity (Wildman–Crippen MR) is 61.9 cm³/mol. The Labute approximate surface area is 98.3 Å². The van der Waals surface area contributed by atoms with Crippen molar-refractivity contribution >= 4 is 11.8 Å². The van der Waals surface area contributed by atoms with Gasteiger partial charge in [-0.05, 0) is 25.7 Å². The van der Waals surface area contributed by atoms with Crippen molar-refractivity contribution < 1.29 is 9.90 Å². The number of rotatable bonds is 5. The van der Waals surface area contributed by atoms with Crippen LogP contribution >= 0.6 is 0 Å². The van der Waals surface area contributed by atoms with Gasteiger partial charge in [0, 0.05) is 18.9 Å². The molecule has 0 spiro atoms. The van der Waals surface area contributed by atoms with Gasteiger partial charge in [0.15, 0.2) is 5.82 Å². The highest BCUT2D eigenvalue weighted by Gasteiger charge is 2.36. The Kier molecular flexibility index (Phi) is 3.12. The number of carboxylic acid groups (broad SMARTS) is 1. The standard InChI is InChI=1S/C11H15N3O3/c1-2-14-6-5-12-9(10(14)15)13-8(11(16)17)7-3-4-7/h5-8H,2-4H2,1H3,(H,12,13)(H,16,17). The maximum Gasteiger partial charge on any atom is 0.326 e. The second kappa shape index (κ2) is 4.57. The van der Waals surface area contributed by atoms with E-state index in [1.54, 1.807) is 6.20 Å². The van der Waals surface area contributed by atoms with Gasteiger partial charge in [0.2, 0.25) is 0 Å². The number of carbonyl (C=O) groups is 1. The molecule has 92 valence electrons. The number of aliphatic carboxylic acids is 1. The molecule has 0 aromatic carbocycles. The van der Waals surface area contributed by atoms with Gasteiger partial charge >= 0.3 is 5.97 Å². The van der Waals surface area contributed by atoms with Crippen LogP contribution in [-0.2, 0) is 11.3 Å². The van der Waals surface area contributed by atoms with E-state index in [4.69, 9.17) is 5.11 Å². The lowest BCUT2D eigenvalue weighted by Gasteiger charge is -2.14. The van der Waals surface area contributed by atoms with Crippen molar-refractivity contribution in [2.75, 3.05) is 5.32 Å². The monoisotopic (exact) mass is 237 g/mol. The van der Waals surface area contributed by atoms with Crippen LogP contribution in [0.25, 0.3) is 0 Å². The Morgan fingerprint density at radius 1 is 1.71 bits per heavy atom. The van der Waals surface area contributed by atoms with Gasteiger partial charge in [0.25, 0.3) is 5.56 Å². The fourth-order valence-corrected chi connectivity index (χ4v) is 1.75. The van der Waals surface area contributed by atoms with Crippen LogP contribution < -0.4 is 10.9 Å². The number of aromatic nitrogens is 2. The molecule has 1 saturated carbocycles. The van der Waals surface area contributed by atoms with E-state index in [1.165, 1.54) is 10.8 Å². The third kappa shape index (κ3) is 2.46. The van der Waals surface area contributed by atoms with Gasteiger partial charge in [-0.2, -0.15) is 0 Å². The molecule has 1 aromatic rings. The lowest BCUT2D eigenvalue weighted by Crippen LogP contribution is -2.35. The molecule has 0 radical (unpaired) electrons. The van der Waals surface area contributed by atoms with Crippen LogP contribution in [0.2, 0.25) is 0 Å². The quantitative estimate of drug-likeness (QED) is 0.780. The Hall–Kier alpha value is -1.85. The molecule has 1 aliphatic rings. The van der Waals surface area contributed by atoms with Crippen molar-refractivity contribution in [3.05, 3.63) is 22.7 Å². The van der Waals surface area contributed by atoms with E-state index in [1.807, 2.05) is 6.92 Å². The molecular weight excluding hydrogens is 222 g/mol. The minimum Gasteiger partial charge on any atom is -0.480 e. The highest BCUT2D eigenvalue weighted by atomic mass is 16.4. The molecule has 6 heteroatoms. The van der Waals surface area contributed by atoms with Crippen LogP contribution in [0.4, 0.5) is 5.82 Å². The third-order valence-electron chi connectivity index (χ3n) is 2.91. The lowest BCUT2D eigenvalue weighted by atomic mass is 10.2. The van der Waals surface area contributed by atoms with Gasteiger partial charge in [0.05, 0.1) is 0 Å². The molecule has 0 saturated heterocycles. The van der Waals surface area contributed by atoms with E-state index in [2.05, 4.69) is 10.3 Å². The van der Waals surface area contributed by atoms with E-state index >= 15 is 0 Å². The van der Waals surface area contributed by atoms with E-state index in [9.17, 15) is 9.59 Å². The van der Waals surface area contributed by atoms with Crippen molar-refractivity contribution in [1.82, 2.24) is 9.55 Å². The number of nitrogens with one attached hydrogen (secondary N) is 1. The summed E-state index contributed by atoms with van der Waals surface area (Å²) in [5.41, 5.74) is -0.276. The number of anilines is 1. The fraction of sp³-hybridized carbons (Fsp3) is 0.545. The Bertz CT molecular complexity index is 479. The van der Waals surface area contributed by atoms with Crippen LogP contribution in [0.1, 0.15) is 19.8 Å². The number of hydrogen-bond donors (Lipinski definition) is 2. The van der Waals surface area contributed by atoms with Crippen molar-refractivity contribution in [3.63, 3.8) is 0 Å². The number of aryl methyl sites for hydroxylation is 1. The minimum absolute atomic E-state index is 0.115. The SMILES string of the molecule is CCn1ccnc(NC(C(=O)O)C2CC2)c1=O. The number of nitrogens with zero attached hydrogens (tertiary/aromatic N) is 2. The highest BCUT2D eigenvalue weighted by molar-refractivity contribution is 5.77. The van der Waals surface area contributed by atoms with E-state index < -0.39 is 12.0 Å². The molecule has 2 N–H and O–H groups in total. The van der Waals surface area contributed by atoms with Gasteiger partial charge in [-0.25, -0.2) is 9.78 Å². The average Bonchev–Trinajstić information content (AvgIpc) is 3.11. The van der Waals surface area contributed by atoms with Gasteiger partial charge < -0.3 is 15.0 Å². The zero-order valence-corrected chi connectivity index (χ0v) is 9.59.